The topological polar surface area (TPSA) is 54.4 Å². The second-order valence-electron chi connectivity index (χ2n) is 3.84. The number of fused-ring (bicyclic) bond motifs is 1. The van der Waals surface area contributed by atoms with E-state index >= 15 is 0 Å². The number of rotatable bonds is 1. The average molecular weight is 236 g/mol. The summed E-state index contributed by atoms with van der Waals surface area (Å²) < 4.78 is 23.1. The molecule has 0 radical (unpaired) electrons. The Morgan fingerprint density at radius 3 is 2.44 bits per heavy atom. The first-order valence-corrected chi connectivity index (χ1v) is 6.72. The van der Waals surface area contributed by atoms with Crippen LogP contribution in [-0.4, -0.2) is 19.8 Å². The zero-order chi connectivity index (χ0) is 11.9. The number of phenolic OH excluding ortho intramolecular Hbond substituents is 1. The minimum atomic E-state index is -3.31. The lowest BCUT2D eigenvalue weighted by Gasteiger charge is -2.09. The summed E-state index contributed by atoms with van der Waals surface area (Å²) in [6, 6.07) is 8.76. The van der Waals surface area contributed by atoms with Gasteiger partial charge in [0.2, 0.25) is 0 Å². The van der Waals surface area contributed by atoms with E-state index in [4.69, 9.17) is 0 Å². The van der Waals surface area contributed by atoms with Crippen molar-refractivity contribution in [1.29, 1.82) is 0 Å². The van der Waals surface area contributed by atoms with Crippen LogP contribution in [0.4, 0.5) is 0 Å². The van der Waals surface area contributed by atoms with E-state index < -0.39 is 9.84 Å². The zero-order valence-electron chi connectivity index (χ0n) is 9.06. The predicted molar refractivity (Wildman–Crippen MR) is 63.5 cm³/mol. The first kappa shape index (κ1) is 11.0. The van der Waals surface area contributed by atoms with Gasteiger partial charge in [-0.05, 0) is 18.4 Å². The molecule has 0 aliphatic carbocycles. The fraction of sp³-hybridized carbons (Fsp3) is 0.167. The first-order chi connectivity index (χ1) is 7.41. The molecule has 2 aromatic carbocycles. The Morgan fingerprint density at radius 1 is 1.19 bits per heavy atom. The molecular formula is C12H12O3S. The highest BCUT2D eigenvalue weighted by Crippen LogP contribution is 2.33. The van der Waals surface area contributed by atoms with Crippen molar-refractivity contribution in [2.24, 2.45) is 0 Å². The standard InChI is InChI=1S/C12H12O3S/c1-8-11(16(2,14)15)7-9-5-3-4-6-10(9)12(8)13/h3-7,13H,1-2H3. The van der Waals surface area contributed by atoms with Crippen LogP contribution in [0.15, 0.2) is 35.2 Å². The second-order valence-corrected chi connectivity index (χ2v) is 5.83. The Morgan fingerprint density at radius 2 is 1.81 bits per heavy atom. The van der Waals surface area contributed by atoms with Gasteiger partial charge < -0.3 is 5.11 Å². The van der Waals surface area contributed by atoms with Gasteiger partial charge in [-0.1, -0.05) is 24.3 Å². The van der Waals surface area contributed by atoms with Gasteiger partial charge >= 0.3 is 0 Å². The van der Waals surface area contributed by atoms with Gasteiger partial charge in [-0.15, -0.1) is 0 Å². The van der Waals surface area contributed by atoms with Crippen LogP contribution in [0.1, 0.15) is 5.56 Å². The van der Waals surface area contributed by atoms with Crippen molar-refractivity contribution < 1.29 is 13.5 Å². The molecule has 3 nitrogen and oxygen atoms in total. The van der Waals surface area contributed by atoms with Crippen LogP contribution >= 0.6 is 0 Å². The van der Waals surface area contributed by atoms with Gasteiger partial charge in [-0.3, -0.25) is 0 Å². The van der Waals surface area contributed by atoms with E-state index in [0.717, 1.165) is 11.6 Å². The third-order valence-corrected chi connectivity index (χ3v) is 3.85. The van der Waals surface area contributed by atoms with Crippen LogP contribution < -0.4 is 0 Å². The van der Waals surface area contributed by atoms with Crippen molar-refractivity contribution in [3.8, 4) is 5.75 Å². The van der Waals surface area contributed by atoms with Gasteiger partial charge in [0.15, 0.2) is 9.84 Å². The van der Waals surface area contributed by atoms with E-state index in [-0.39, 0.29) is 10.6 Å². The first-order valence-electron chi connectivity index (χ1n) is 4.82. The fourth-order valence-corrected chi connectivity index (χ4v) is 2.79. The number of aromatic hydroxyl groups is 1. The smallest absolute Gasteiger partial charge is 0.175 e. The minimum absolute atomic E-state index is 0.0403. The minimum Gasteiger partial charge on any atom is -0.507 e. The predicted octanol–water partition coefficient (Wildman–Crippen LogP) is 2.26. The number of sulfone groups is 1. The lowest BCUT2D eigenvalue weighted by atomic mass is 10.1. The van der Waals surface area contributed by atoms with E-state index in [0.29, 0.717) is 10.9 Å². The molecular weight excluding hydrogens is 224 g/mol. The maximum absolute atomic E-state index is 11.5. The summed E-state index contributed by atoms with van der Waals surface area (Å²) in [5, 5.41) is 11.3. The van der Waals surface area contributed by atoms with Crippen molar-refractivity contribution in [2.75, 3.05) is 6.26 Å². The van der Waals surface area contributed by atoms with Gasteiger partial charge in [0.1, 0.15) is 5.75 Å². The Hall–Kier alpha value is -1.55. The van der Waals surface area contributed by atoms with Crippen LogP contribution in [0, 0.1) is 6.92 Å². The third kappa shape index (κ3) is 1.65. The Bertz CT molecular complexity index is 657. The van der Waals surface area contributed by atoms with Crippen molar-refractivity contribution in [3.05, 3.63) is 35.9 Å². The molecule has 1 N–H and O–H groups in total. The van der Waals surface area contributed by atoms with E-state index in [1.165, 1.54) is 0 Å². The van der Waals surface area contributed by atoms with Crippen molar-refractivity contribution >= 4 is 20.6 Å². The van der Waals surface area contributed by atoms with Crippen molar-refractivity contribution in [1.82, 2.24) is 0 Å². The van der Waals surface area contributed by atoms with Gasteiger partial charge in [0.05, 0.1) is 4.90 Å². The summed E-state index contributed by atoms with van der Waals surface area (Å²) in [7, 11) is -3.31. The highest BCUT2D eigenvalue weighted by Gasteiger charge is 2.16. The maximum atomic E-state index is 11.5. The van der Waals surface area contributed by atoms with Crippen LogP contribution in [0.2, 0.25) is 0 Å². The average Bonchev–Trinajstić information content (AvgIpc) is 2.22. The van der Waals surface area contributed by atoms with Crippen LogP contribution in [0.3, 0.4) is 0 Å². The Balaban J connectivity index is 2.95. The molecule has 0 heterocycles. The molecule has 0 atom stereocenters. The molecule has 2 rings (SSSR count). The maximum Gasteiger partial charge on any atom is 0.175 e. The lowest BCUT2D eigenvalue weighted by Crippen LogP contribution is -2.00. The number of benzene rings is 2. The highest BCUT2D eigenvalue weighted by molar-refractivity contribution is 7.90. The second kappa shape index (κ2) is 3.49. The van der Waals surface area contributed by atoms with Crippen LogP contribution in [-0.2, 0) is 9.84 Å². The number of hydrogen-bond donors (Lipinski definition) is 1. The molecule has 0 saturated heterocycles. The van der Waals surface area contributed by atoms with Crippen molar-refractivity contribution in [2.45, 2.75) is 11.8 Å². The molecule has 0 bridgehead atoms. The van der Waals surface area contributed by atoms with Gasteiger partial charge in [-0.2, -0.15) is 0 Å². The summed E-state index contributed by atoms with van der Waals surface area (Å²) in [5.74, 6) is 0.0403. The van der Waals surface area contributed by atoms with Crippen molar-refractivity contribution in [3.63, 3.8) is 0 Å². The zero-order valence-corrected chi connectivity index (χ0v) is 9.88. The monoisotopic (exact) mass is 236 g/mol. The summed E-state index contributed by atoms with van der Waals surface area (Å²) in [6.07, 6.45) is 1.14. The summed E-state index contributed by atoms with van der Waals surface area (Å²) >= 11 is 0. The van der Waals surface area contributed by atoms with E-state index in [1.807, 2.05) is 12.1 Å². The number of phenols is 1. The molecule has 84 valence electrons. The molecule has 0 amide bonds. The third-order valence-electron chi connectivity index (χ3n) is 2.63. The summed E-state index contributed by atoms with van der Waals surface area (Å²) in [6.45, 7) is 1.61. The lowest BCUT2D eigenvalue weighted by molar-refractivity contribution is 0.475. The quantitative estimate of drug-likeness (QED) is 0.826. The van der Waals surface area contributed by atoms with Gasteiger partial charge in [0.25, 0.3) is 0 Å². The van der Waals surface area contributed by atoms with Crippen LogP contribution in [0.25, 0.3) is 10.8 Å². The SMILES string of the molecule is Cc1c(S(C)(=O)=O)cc2ccccc2c1O. The van der Waals surface area contributed by atoms with Gasteiger partial charge in [-0.25, -0.2) is 8.42 Å². The fourth-order valence-electron chi connectivity index (χ4n) is 1.79. The largest absolute Gasteiger partial charge is 0.507 e. The van der Waals surface area contributed by atoms with E-state index in [9.17, 15) is 13.5 Å². The molecule has 0 saturated carbocycles. The highest BCUT2D eigenvalue weighted by atomic mass is 32.2. The molecule has 0 spiro atoms. The molecule has 0 unspecified atom stereocenters. The molecule has 0 aliphatic rings. The normalized spacial score (nSPS) is 11.9. The molecule has 0 aliphatic heterocycles. The Labute approximate surface area is 94.3 Å². The molecule has 0 fully saturated rings. The van der Waals surface area contributed by atoms with E-state index in [2.05, 4.69) is 0 Å². The summed E-state index contributed by atoms with van der Waals surface area (Å²) in [5.41, 5.74) is 0.404. The molecule has 4 heteroatoms. The molecule has 16 heavy (non-hydrogen) atoms. The number of hydrogen-bond acceptors (Lipinski definition) is 3. The van der Waals surface area contributed by atoms with Crippen LogP contribution in [0.5, 0.6) is 5.75 Å². The molecule has 0 aromatic heterocycles. The summed E-state index contributed by atoms with van der Waals surface area (Å²) in [4.78, 5) is 0.184. The van der Waals surface area contributed by atoms with Gasteiger partial charge in [0, 0.05) is 17.2 Å². The Kier molecular flexibility index (Phi) is 2.39. The molecule has 2 aromatic rings. The van der Waals surface area contributed by atoms with E-state index in [1.54, 1.807) is 25.1 Å².